The van der Waals surface area contributed by atoms with Crippen LogP contribution in [-0.2, 0) is 0 Å². The molecule has 0 saturated carbocycles. The average molecular weight is 809 g/mol. The molecule has 8 aromatic carbocycles. The number of thiophene rings is 1. The maximum atomic E-state index is 5.41. The molecule has 0 aliphatic rings. The van der Waals surface area contributed by atoms with Crippen molar-refractivity contribution in [3.8, 4) is 78.7 Å². The highest BCUT2D eigenvalue weighted by Gasteiger charge is 2.22. The third-order valence-corrected chi connectivity index (χ3v) is 13.0. The lowest BCUT2D eigenvalue weighted by Gasteiger charge is -2.12. The molecule has 5 heteroatoms. The molecule has 0 N–H and O–H groups in total. The average Bonchev–Trinajstić information content (AvgIpc) is 3.95. The fraction of sp³-hybridized carbons (Fsp3) is 0. The zero-order chi connectivity index (χ0) is 41.0. The Hall–Kier alpha value is -7.99. The van der Waals surface area contributed by atoms with Crippen molar-refractivity contribution >= 4 is 47.8 Å². The Morgan fingerprint density at radius 2 is 0.952 bits per heavy atom. The minimum atomic E-state index is 0.685. The monoisotopic (exact) mass is 808 g/mol. The van der Waals surface area contributed by atoms with Gasteiger partial charge in [0.1, 0.15) is 5.69 Å². The van der Waals surface area contributed by atoms with Gasteiger partial charge in [-0.15, -0.1) is 11.3 Å². The zero-order valence-corrected chi connectivity index (χ0v) is 34.3. The van der Waals surface area contributed by atoms with E-state index in [-0.39, 0.29) is 0 Å². The normalized spacial score (nSPS) is 11.5. The Morgan fingerprint density at radius 3 is 1.71 bits per heavy atom. The number of pyridine rings is 1. The summed E-state index contributed by atoms with van der Waals surface area (Å²) < 4.78 is 4.72. The van der Waals surface area contributed by atoms with E-state index in [0.29, 0.717) is 5.82 Å². The van der Waals surface area contributed by atoms with Crippen molar-refractivity contribution in [3.63, 3.8) is 0 Å². The molecule has 0 spiro atoms. The predicted molar refractivity (Wildman–Crippen MR) is 259 cm³/mol. The summed E-state index contributed by atoms with van der Waals surface area (Å²) >= 11 is 1.84. The van der Waals surface area contributed by atoms with Gasteiger partial charge in [0.2, 0.25) is 0 Å². The van der Waals surface area contributed by atoms with E-state index in [4.69, 9.17) is 15.1 Å². The third-order valence-electron chi connectivity index (χ3n) is 11.8. The molecule has 0 fully saturated rings. The SMILES string of the molecule is c1ccc(-c2cc(-c3ccc(-c4cc5ccccc5c5c(-c6ccccc6)c(-c6ccccc6)nn45)cc3)nc(-c3cccc(-c4cccc5sc6ccccc6c45)c3)n2)cc1. The van der Waals surface area contributed by atoms with E-state index in [1.54, 1.807) is 0 Å². The van der Waals surface area contributed by atoms with Gasteiger partial charge < -0.3 is 0 Å². The molecule has 12 aromatic rings. The summed E-state index contributed by atoms with van der Waals surface area (Å²) in [6, 6.07) is 77.2. The molecule has 12 rings (SSSR count). The van der Waals surface area contributed by atoms with Gasteiger partial charge in [0.05, 0.1) is 22.6 Å². The summed E-state index contributed by atoms with van der Waals surface area (Å²) in [5.41, 5.74) is 14.6. The Kier molecular flexibility index (Phi) is 8.65. The topological polar surface area (TPSA) is 43.1 Å². The maximum absolute atomic E-state index is 5.41. The molecule has 62 heavy (non-hydrogen) atoms. The molecule has 0 aliphatic carbocycles. The van der Waals surface area contributed by atoms with Gasteiger partial charge in [0.15, 0.2) is 5.82 Å². The van der Waals surface area contributed by atoms with Crippen LogP contribution in [0.25, 0.3) is 115 Å². The van der Waals surface area contributed by atoms with E-state index >= 15 is 0 Å². The first-order chi connectivity index (χ1) is 30.7. The van der Waals surface area contributed by atoms with E-state index in [1.165, 1.54) is 25.7 Å². The second-order valence-electron chi connectivity index (χ2n) is 15.6. The highest BCUT2D eigenvalue weighted by Crippen LogP contribution is 2.43. The molecule has 0 atom stereocenters. The van der Waals surface area contributed by atoms with Gasteiger partial charge in [-0.3, -0.25) is 0 Å². The lowest BCUT2D eigenvalue weighted by molar-refractivity contribution is 0.979. The number of rotatable bonds is 7. The van der Waals surface area contributed by atoms with Crippen molar-refractivity contribution in [1.29, 1.82) is 0 Å². The van der Waals surface area contributed by atoms with Crippen LogP contribution < -0.4 is 0 Å². The van der Waals surface area contributed by atoms with Crippen LogP contribution in [0.2, 0.25) is 0 Å². The van der Waals surface area contributed by atoms with Crippen LogP contribution in [0.5, 0.6) is 0 Å². The molecule has 0 amide bonds. The summed E-state index contributed by atoms with van der Waals surface area (Å²) in [6.45, 7) is 0. The van der Waals surface area contributed by atoms with Crippen molar-refractivity contribution < 1.29 is 0 Å². The van der Waals surface area contributed by atoms with Crippen molar-refractivity contribution in [3.05, 3.63) is 218 Å². The van der Waals surface area contributed by atoms with E-state index in [1.807, 2.05) is 17.4 Å². The Bertz CT molecular complexity index is 3610. The van der Waals surface area contributed by atoms with Crippen molar-refractivity contribution in [2.45, 2.75) is 0 Å². The lowest BCUT2D eigenvalue weighted by Crippen LogP contribution is -1.97. The summed E-state index contributed by atoms with van der Waals surface area (Å²) in [6.07, 6.45) is 0. The number of aromatic nitrogens is 4. The van der Waals surface area contributed by atoms with Crippen LogP contribution in [0.1, 0.15) is 0 Å². The van der Waals surface area contributed by atoms with Crippen LogP contribution in [0.3, 0.4) is 0 Å². The Morgan fingerprint density at radius 1 is 0.387 bits per heavy atom. The second kappa shape index (κ2) is 14.9. The van der Waals surface area contributed by atoms with Crippen LogP contribution in [0.15, 0.2) is 218 Å². The molecule has 0 unspecified atom stereocenters. The molecule has 0 radical (unpaired) electrons. The van der Waals surface area contributed by atoms with E-state index in [9.17, 15) is 0 Å². The number of benzene rings is 8. The highest BCUT2D eigenvalue weighted by molar-refractivity contribution is 7.25. The van der Waals surface area contributed by atoms with Gasteiger partial charge in [-0.25, -0.2) is 14.5 Å². The predicted octanol–water partition coefficient (Wildman–Crippen LogP) is 15.3. The van der Waals surface area contributed by atoms with Gasteiger partial charge in [-0.1, -0.05) is 188 Å². The fourth-order valence-corrected chi connectivity index (χ4v) is 10.0. The zero-order valence-electron chi connectivity index (χ0n) is 33.5. The number of hydrogen-bond acceptors (Lipinski definition) is 4. The summed E-state index contributed by atoms with van der Waals surface area (Å²) in [5.74, 6) is 0.685. The molecule has 0 bridgehead atoms. The molecule has 0 aliphatic heterocycles. The van der Waals surface area contributed by atoms with Gasteiger partial charge in [-0.2, -0.15) is 5.10 Å². The van der Waals surface area contributed by atoms with E-state index < -0.39 is 0 Å². The van der Waals surface area contributed by atoms with Crippen molar-refractivity contribution in [2.24, 2.45) is 0 Å². The molecule has 4 heterocycles. The fourth-order valence-electron chi connectivity index (χ4n) is 8.90. The minimum absolute atomic E-state index is 0.685. The minimum Gasteiger partial charge on any atom is -0.231 e. The largest absolute Gasteiger partial charge is 0.231 e. The maximum Gasteiger partial charge on any atom is 0.160 e. The Balaban J connectivity index is 0.997. The molecular formula is C57H36N4S. The molecule has 4 aromatic heterocycles. The smallest absolute Gasteiger partial charge is 0.160 e. The van der Waals surface area contributed by atoms with Gasteiger partial charge in [-0.05, 0) is 52.4 Å². The second-order valence-corrected chi connectivity index (χ2v) is 16.7. The quantitative estimate of drug-likeness (QED) is 0.161. The first-order valence-electron chi connectivity index (χ1n) is 20.9. The third kappa shape index (κ3) is 6.18. The van der Waals surface area contributed by atoms with Crippen LogP contribution in [0, 0.1) is 0 Å². The van der Waals surface area contributed by atoms with Crippen LogP contribution in [-0.4, -0.2) is 19.6 Å². The number of fused-ring (bicyclic) bond motifs is 6. The first-order valence-corrected chi connectivity index (χ1v) is 21.7. The van der Waals surface area contributed by atoms with Gasteiger partial charge in [0, 0.05) is 58.9 Å². The summed E-state index contributed by atoms with van der Waals surface area (Å²) in [4.78, 5) is 10.5. The number of hydrogen-bond donors (Lipinski definition) is 0. The first kappa shape index (κ1) is 35.9. The highest BCUT2D eigenvalue weighted by atomic mass is 32.1. The van der Waals surface area contributed by atoms with Crippen LogP contribution >= 0.6 is 11.3 Å². The molecular weight excluding hydrogens is 773 g/mol. The van der Waals surface area contributed by atoms with Crippen molar-refractivity contribution in [2.75, 3.05) is 0 Å². The molecule has 290 valence electrons. The standard InChI is InChI=1S/C57H36N4S/c1-4-16-37(17-5-1)48-36-49(59-57(58-48)44-24-14-23-42(34-44)45-27-15-29-52-54(45)47-26-12-13-28-51(47)62-52)38-30-32-39(33-31-38)50-35-43-22-10-11-25-46(43)56-53(40-18-6-2-7-19-40)55(60-61(50)56)41-20-8-3-9-21-41/h1-36H. The van der Waals surface area contributed by atoms with E-state index in [2.05, 4.69) is 217 Å². The summed E-state index contributed by atoms with van der Waals surface area (Å²) in [5, 5.41) is 10.3. The van der Waals surface area contributed by atoms with Gasteiger partial charge in [0.25, 0.3) is 0 Å². The van der Waals surface area contributed by atoms with Gasteiger partial charge >= 0.3 is 0 Å². The lowest BCUT2D eigenvalue weighted by atomic mass is 9.96. The van der Waals surface area contributed by atoms with E-state index in [0.717, 1.165) is 83.6 Å². The Labute approximate surface area is 362 Å². The number of nitrogens with zero attached hydrogens (tertiary/aromatic N) is 4. The molecule has 4 nitrogen and oxygen atoms in total. The van der Waals surface area contributed by atoms with Crippen molar-refractivity contribution in [1.82, 2.24) is 19.6 Å². The van der Waals surface area contributed by atoms with Crippen LogP contribution in [0.4, 0.5) is 0 Å². The summed E-state index contributed by atoms with van der Waals surface area (Å²) in [7, 11) is 0. The molecule has 0 saturated heterocycles.